The predicted molar refractivity (Wildman–Crippen MR) is 347 cm³/mol. The molecule has 5 fully saturated rings. The number of amides is 2. The van der Waals surface area contributed by atoms with Gasteiger partial charge in [-0.1, -0.05) is 116 Å². The molecule has 0 bridgehead atoms. The quantitative estimate of drug-likeness (QED) is 0.0919. The minimum absolute atomic E-state index is 0.00956. The summed E-state index contributed by atoms with van der Waals surface area (Å²) in [6.07, 6.45) is 16.9. The number of anilines is 1. The molecule has 2 aromatic rings. The second-order valence-corrected chi connectivity index (χ2v) is 31.1. The molecule has 10 aliphatic rings. The number of allylic oxidation sites excluding steroid dienone is 6. The zero-order valence-corrected chi connectivity index (χ0v) is 57.8. The van der Waals surface area contributed by atoms with Crippen molar-refractivity contribution in [2.45, 2.75) is 185 Å². The van der Waals surface area contributed by atoms with Crippen molar-refractivity contribution in [3.05, 3.63) is 124 Å². The number of rotatable bonds is 8. The van der Waals surface area contributed by atoms with Crippen LogP contribution in [0.5, 0.6) is 0 Å². The predicted octanol–water partition coefficient (Wildman–Crippen LogP) is 9.94. The third-order valence-electron chi connectivity index (χ3n) is 25.1. The highest BCUT2D eigenvalue weighted by Gasteiger charge is 2.71. The number of likely N-dealkylation sites (N-methyl/N-ethyl adjacent to an activating group) is 1. The lowest BCUT2D eigenvalue weighted by atomic mass is 9.33. The highest BCUT2D eigenvalue weighted by Crippen LogP contribution is 2.76. The number of ether oxygens (including phenoxy) is 2. The number of para-hydroxylation sites is 1. The molecule has 12 rings (SSSR count). The van der Waals surface area contributed by atoms with E-state index in [0.29, 0.717) is 68.2 Å². The summed E-state index contributed by atoms with van der Waals surface area (Å²) in [5.74, 6) is 2.85. The molecule has 2 amide bonds. The number of benzene rings is 3. The number of carbonyl (C=O) groups excluding carboxylic acids is 4. The first-order chi connectivity index (χ1) is 43.4. The van der Waals surface area contributed by atoms with E-state index < -0.39 is 33.3 Å². The highest BCUT2D eigenvalue weighted by molar-refractivity contribution is 6.04. The number of hydrogen-bond donors (Lipinski definition) is 0. The molecule has 496 valence electrons. The molecule has 15 nitrogen and oxygen atoms in total. The van der Waals surface area contributed by atoms with Crippen LogP contribution >= 0.6 is 0 Å². The summed E-state index contributed by atoms with van der Waals surface area (Å²) in [5.41, 5.74) is 9.87. The third-order valence-corrected chi connectivity index (χ3v) is 25.1. The molecule has 16 heteroatoms. The first-order valence-electron chi connectivity index (χ1n) is 34.1. The number of carbonyl (C=O) groups is 4. The summed E-state index contributed by atoms with van der Waals surface area (Å²) in [5, 5.41) is 1.12. The summed E-state index contributed by atoms with van der Waals surface area (Å²) in [7, 11) is -2.77. The molecule has 11 atom stereocenters. The summed E-state index contributed by atoms with van der Waals surface area (Å²) >= 11 is 0. The molecular formula is C76H99ClN4O11. The second-order valence-electron chi connectivity index (χ2n) is 30.3. The van der Waals surface area contributed by atoms with Crippen LogP contribution in [-0.4, -0.2) is 92.1 Å². The van der Waals surface area contributed by atoms with Crippen molar-refractivity contribution in [3.63, 3.8) is 0 Å². The smallest absolute Gasteiger partial charge is 0.303 e. The van der Waals surface area contributed by atoms with Crippen molar-refractivity contribution in [1.82, 2.24) is 14.4 Å². The molecule has 3 heterocycles. The largest absolute Gasteiger partial charge is 0.459 e. The lowest BCUT2D eigenvalue weighted by Crippen LogP contribution is -2.68. The molecule has 0 unspecified atom stereocenters. The van der Waals surface area contributed by atoms with E-state index in [1.54, 1.807) is 0 Å². The van der Waals surface area contributed by atoms with E-state index in [1.165, 1.54) is 41.9 Å². The number of hydrogen-bond acceptors (Lipinski definition) is 12. The molecule has 1 saturated heterocycles. The van der Waals surface area contributed by atoms with Crippen molar-refractivity contribution in [2.75, 3.05) is 51.2 Å². The zero-order valence-electron chi connectivity index (χ0n) is 57.0. The van der Waals surface area contributed by atoms with E-state index in [-0.39, 0.29) is 51.3 Å². The fourth-order valence-corrected chi connectivity index (χ4v) is 20.4. The van der Waals surface area contributed by atoms with Gasteiger partial charge in [0.15, 0.2) is 0 Å². The third kappa shape index (κ3) is 11.4. The van der Waals surface area contributed by atoms with Gasteiger partial charge in [0, 0.05) is 97.6 Å². The Morgan fingerprint density at radius 3 is 2.12 bits per heavy atom. The van der Waals surface area contributed by atoms with E-state index >= 15 is 9.59 Å². The average Bonchev–Trinajstić information content (AvgIpc) is 0.796. The summed E-state index contributed by atoms with van der Waals surface area (Å²) in [6, 6.07) is 23.6. The van der Waals surface area contributed by atoms with Crippen LogP contribution in [0.3, 0.4) is 0 Å². The van der Waals surface area contributed by atoms with Gasteiger partial charge in [-0.25, -0.2) is 23.2 Å². The maximum Gasteiger partial charge on any atom is 0.303 e. The standard InChI is InChI=1S/C76H99N4O7.ClHO4/c1-15-78(16-2)52-30-31-55-60(45-52)87-67-51(29-34-64-71(7,8)57-27-19-20-28-59(57)77(64)14)23-21-26-56(67)65(55)53-24-17-18-25-54(53)69(83)79-41-22-42-80(44-43-79)70(84)76-38-35-47(3)48(4)66(76)58-32-33-63-73(11)46-61(85-49(5)81)68(86-50(6)82)72(9,10)62(73)36-37-75(63,13)74(58,12)39-40-76;2-1(3,4)5/h17-20,24-25,27-32,34,45,47-48,61-63,66,68H,15-16,21-23,26,33,35-44,46H2,1-14H3;(H,2,3,4,5)/q+1;/p-1/t47-,48+,61-,62+,63-,66+,68+,73+,74-,75-,76+;/m1./s1. The van der Waals surface area contributed by atoms with E-state index in [2.05, 4.69) is 170 Å². The molecule has 0 N–H and O–H groups in total. The summed E-state index contributed by atoms with van der Waals surface area (Å²) in [6.45, 7) is 32.8. The van der Waals surface area contributed by atoms with Crippen LogP contribution in [0.25, 0.3) is 28.0 Å². The van der Waals surface area contributed by atoms with Crippen molar-refractivity contribution >= 4 is 35.0 Å². The highest BCUT2D eigenvalue weighted by atomic mass is 35.7. The topological polar surface area (TPSA) is 205 Å². The van der Waals surface area contributed by atoms with Crippen LogP contribution in [0.1, 0.15) is 188 Å². The van der Waals surface area contributed by atoms with Gasteiger partial charge in [0.2, 0.25) is 11.3 Å². The molecular weight excluding hydrogens is 1180 g/mol. The number of esters is 2. The van der Waals surface area contributed by atoms with Crippen LogP contribution in [-0.2, 0) is 35.7 Å². The molecule has 3 aliphatic heterocycles. The van der Waals surface area contributed by atoms with Gasteiger partial charge in [-0.3, -0.25) is 19.2 Å². The van der Waals surface area contributed by atoms with Gasteiger partial charge in [-0.2, -0.15) is 0 Å². The van der Waals surface area contributed by atoms with Gasteiger partial charge >= 0.3 is 11.9 Å². The van der Waals surface area contributed by atoms with Crippen molar-refractivity contribution in [3.8, 4) is 22.5 Å². The number of halogens is 1. The van der Waals surface area contributed by atoms with Crippen molar-refractivity contribution in [2.24, 2.45) is 56.7 Å². The maximum atomic E-state index is 16.1. The van der Waals surface area contributed by atoms with Crippen LogP contribution in [0.2, 0.25) is 0 Å². The minimum Gasteiger partial charge on any atom is -0.459 e. The molecule has 7 aliphatic carbocycles. The molecule has 0 radical (unpaired) electrons. The summed E-state index contributed by atoms with van der Waals surface area (Å²) in [4.78, 5) is 63.6. The van der Waals surface area contributed by atoms with Gasteiger partial charge in [-0.15, -0.1) is 10.2 Å². The fourth-order valence-electron chi connectivity index (χ4n) is 20.4. The Balaban J connectivity index is 0.00000167. The number of fused-ring (bicyclic) bond motifs is 10. The van der Waals surface area contributed by atoms with Crippen LogP contribution in [0, 0.1) is 66.9 Å². The summed E-state index contributed by atoms with van der Waals surface area (Å²) < 4.78 is 55.8. The van der Waals surface area contributed by atoms with Gasteiger partial charge in [0.1, 0.15) is 36.8 Å². The molecule has 92 heavy (non-hydrogen) atoms. The van der Waals surface area contributed by atoms with Gasteiger partial charge in [-0.05, 0) is 178 Å². The van der Waals surface area contributed by atoms with E-state index in [4.69, 9.17) is 32.5 Å². The Hall–Kier alpha value is -6.10. The SMILES string of the molecule is CC[N+](CC)=c1ccc2c(-c3ccccc3C(=O)N3CCCN(C(=O)[C@]45CC[C@@H](C)[C@H](C)[C@H]4C4=CC[C@@H]6[C@@]7(C)C[C@@H](OC(C)=O)[C@H](OC(C)=O)C(C)(C)[C@@H]7CC[C@@]6(C)[C@]4(C)CC5)CC3)c3c(oc-2c1)/C(=C/C=C1/N(C)c2ccccc2C1(C)C)CCC3.[O-][Cl+3]([O-])([O-])[O-]. The second kappa shape index (κ2) is 24.9. The van der Waals surface area contributed by atoms with Gasteiger partial charge in [0.25, 0.3) is 5.91 Å². The normalized spacial score (nSPS) is 32.1. The van der Waals surface area contributed by atoms with Crippen molar-refractivity contribution in [1.29, 1.82) is 0 Å². The lowest BCUT2D eigenvalue weighted by molar-refractivity contribution is -2.00. The lowest BCUT2D eigenvalue weighted by Gasteiger charge is -2.72. The van der Waals surface area contributed by atoms with Crippen LogP contribution < -0.4 is 33.5 Å². The maximum absolute atomic E-state index is 16.1. The van der Waals surface area contributed by atoms with E-state index in [1.807, 2.05) is 17.0 Å². The average molecular weight is 1280 g/mol. The van der Waals surface area contributed by atoms with E-state index in [9.17, 15) is 9.59 Å². The Kier molecular flexibility index (Phi) is 18.2. The molecule has 4 saturated carbocycles. The van der Waals surface area contributed by atoms with Crippen molar-refractivity contribution < 1.29 is 61.9 Å². The van der Waals surface area contributed by atoms with Gasteiger partial charge < -0.3 is 28.6 Å². The van der Waals surface area contributed by atoms with Gasteiger partial charge in [0.05, 0.1) is 11.5 Å². The first-order valence-corrected chi connectivity index (χ1v) is 35.4. The molecule has 0 spiro atoms. The Morgan fingerprint density at radius 2 is 1.42 bits per heavy atom. The Labute approximate surface area is 547 Å². The zero-order chi connectivity index (χ0) is 66.4. The fraction of sp³-hybridized carbons (Fsp3) is 0.592. The first kappa shape index (κ1) is 67.3. The minimum atomic E-state index is -4.94. The molecule has 2 aromatic carbocycles. The van der Waals surface area contributed by atoms with Crippen LogP contribution in [0.4, 0.5) is 5.69 Å². The van der Waals surface area contributed by atoms with E-state index in [0.717, 1.165) is 116 Å². The Morgan fingerprint density at radius 1 is 0.750 bits per heavy atom. The van der Waals surface area contributed by atoms with Crippen LogP contribution in [0.15, 0.2) is 101 Å². The molecule has 0 aromatic heterocycles. The monoisotopic (exact) mass is 1280 g/mol. The number of nitrogens with zero attached hydrogens (tertiary/aromatic N) is 4. The Bertz CT molecular complexity index is 3670.